The molecule has 0 unspecified atom stereocenters. The summed E-state index contributed by atoms with van der Waals surface area (Å²) in [7, 11) is 1.31. The van der Waals surface area contributed by atoms with Gasteiger partial charge in [-0.3, -0.25) is 9.59 Å². The molecular weight excluding hydrogens is 292 g/mol. The van der Waals surface area contributed by atoms with Gasteiger partial charge in [0.15, 0.2) is 10.8 Å². The quantitative estimate of drug-likeness (QED) is 0.794. The number of amides is 1. The molecule has 0 saturated heterocycles. The molecule has 0 aliphatic heterocycles. The fourth-order valence-corrected chi connectivity index (χ4v) is 2.30. The van der Waals surface area contributed by atoms with E-state index < -0.39 is 0 Å². The third-order valence-corrected chi connectivity index (χ3v) is 3.42. The van der Waals surface area contributed by atoms with Gasteiger partial charge in [0, 0.05) is 24.3 Å². The highest BCUT2D eigenvalue weighted by molar-refractivity contribution is 7.13. The number of methoxy groups -OCH3 is 1. The Bertz CT molecular complexity index is 615. The van der Waals surface area contributed by atoms with Gasteiger partial charge in [0.05, 0.1) is 25.6 Å². The minimum atomic E-state index is -0.354. The van der Waals surface area contributed by atoms with E-state index in [4.69, 9.17) is 0 Å². The van der Waals surface area contributed by atoms with E-state index in [9.17, 15) is 9.59 Å². The molecule has 2 aromatic rings. The highest BCUT2D eigenvalue weighted by atomic mass is 32.1. The molecule has 110 valence electrons. The molecule has 1 N–H and O–H groups in total. The Morgan fingerprint density at radius 3 is 2.81 bits per heavy atom. The zero-order chi connectivity index (χ0) is 15.1. The van der Waals surface area contributed by atoms with Crippen LogP contribution in [-0.2, 0) is 20.7 Å². The van der Waals surface area contributed by atoms with E-state index in [0.29, 0.717) is 16.5 Å². The monoisotopic (exact) mass is 306 g/mol. The smallest absolute Gasteiger partial charge is 0.307 e. The standard InChI is InChI=1S/C13H14N4O3S/c1-20-11(19)3-6-14-10(18)7-9-8-21-13(17-9)12-15-4-2-5-16-12/h2,4-5,8H,3,6-7H2,1H3,(H,14,18). The Hall–Kier alpha value is -2.35. The van der Waals surface area contributed by atoms with Gasteiger partial charge in [-0.1, -0.05) is 0 Å². The molecule has 0 aromatic carbocycles. The third kappa shape index (κ3) is 4.60. The minimum absolute atomic E-state index is 0.155. The van der Waals surface area contributed by atoms with E-state index in [1.165, 1.54) is 18.4 Å². The maximum absolute atomic E-state index is 11.7. The summed E-state index contributed by atoms with van der Waals surface area (Å²) < 4.78 is 4.49. The van der Waals surface area contributed by atoms with Crippen LogP contribution in [-0.4, -0.2) is 40.5 Å². The van der Waals surface area contributed by atoms with Crippen LogP contribution >= 0.6 is 11.3 Å². The highest BCUT2D eigenvalue weighted by Crippen LogP contribution is 2.19. The first kappa shape index (κ1) is 15.0. The molecule has 2 heterocycles. The fraction of sp³-hybridized carbons (Fsp3) is 0.308. The lowest BCUT2D eigenvalue weighted by Crippen LogP contribution is -2.27. The number of nitrogens with zero attached hydrogens (tertiary/aromatic N) is 3. The average Bonchev–Trinajstić information content (AvgIpc) is 2.96. The van der Waals surface area contributed by atoms with E-state index >= 15 is 0 Å². The number of hydrogen-bond donors (Lipinski definition) is 1. The first-order valence-corrected chi connectivity index (χ1v) is 7.12. The zero-order valence-corrected chi connectivity index (χ0v) is 12.2. The number of ether oxygens (including phenoxy) is 1. The number of carbonyl (C=O) groups excluding carboxylic acids is 2. The molecule has 0 radical (unpaired) electrons. The van der Waals surface area contributed by atoms with Gasteiger partial charge in [0.1, 0.15) is 0 Å². The number of esters is 1. The van der Waals surface area contributed by atoms with Gasteiger partial charge in [0.25, 0.3) is 0 Å². The van der Waals surface area contributed by atoms with Gasteiger partial charge >= 0.3 is 5.97 Å². The number of aromatic nitrogens is 3. The maximum Gasteiger partial charge on any atom is 0.307 e. The van der Waals surface area contributed by atoms with Gasteiger partial charge < -0.3 is 10.1 Å². The second kappa shape index (κ2) is 7.44. The largest absolute Gasteiger partial charge is 0.469 e. The number of nitrogens with one attached hydrogen (secondary N) is 1. The van der Waals surface area contributed by atoms with Crippen LogP contribution < -0.4 is 5.32 Å². The van der Waals surface area contributed by atoms with Crippen LogP contribution in [0.2, 0.25) is 0 Å². The predicted molar refractivity (Wildman–Crippen MR) is 76.5 cm³/mol. The van der Waals surface area contributed by atoms with Crippen LogP contribution in [0.3, 0.4) is 0 Å². The van der Waals surface area contributed by atoms with Gasteiger partial charge in [-0.15, -0.1) is 11.3 Å². The molecule has 0 aliphatic carbocycles. The Morgan fingerprint density at radius 2 is 2.10 bits per heavy atom. The van der Waals surface area contributed by atoms with Crippen molar-refractivity contribution >= 4 is 23.2 Å². The molecule has 21 heavy (non-hydrogen) atoms. The van der Waals surface area contributed by atoms with Crippen molar-refractivity contribution in [2.24, 2.45) is 0 Å². The van der Waals surface area contributed by atoms with E-state index in [1.807, 2.05) is 0 Å². The highest BCUT2D eigenvalue weighted by Gasteiger charge is 2.10. The summed E-state index contributed by atoms with van der Waals surface area (Å²) in [5.41, 5.74) is 0.651. The van der Waals surface area contributed by atoms with Crippen molar-refractivity contribution in [1.82, 2.24) is 20.3 Å². The van der Waals surface area contributed by atoms with Crippen LogP contribution in [0.25, 0.3) is 10.8 Å². The van der Waals surface area contributed by atoms with Crippen molar-refractivity contribution in [2.45, 2.75) is 12.8 Å². The van der Waals surface area contributed by atoms with Gasteiger partial charge in [-0.05, 0) is 6.07 Å². The second-order valence-corrected chi connectivity index (χ2v) is 4.93. The lowest BCUT2D eigenvalue weighted by atomic mass is 10.3. The number of rotatable bonds is 6. The molecule has 2 rings (SSSR count). The van der Waals surface area contributed by atoms with Crippen molar-refractivity contribution in [3.8, 4) is 10.8 Å². The first-order chi connectivity index (χ1) is 10.2. The first-order valence-electron chi connectivity index (χ1n) is 6.24. The summed E-state index contributed by atoms with van der Waals surface area (Å²) >= 11 is 1.39. The molecule has 0 spiro atoms. The van der Waals surface area contributed by atoms with Crippen LogP contribution in [0.1, 0.15) is 12.1 Å². The summed E-state index contributed by atoms with van der Waals surface area (Å²) in [4.78, 5) is 35.1. The van der Waals surface area contributed by atoms with Crippen molar-refractivity contribution < 1.29 is 14.3 Å². The van der Waals surface area contributed by atoms with Crippen molar-refractivity contribution in [2.75, 3.05) is 13.7 Å². The summed E-state index contributed by atoms with van der Waals surface area (Å²) in [5.74, 6) is -0.00273. The normalized spacial score (nSPS) is 10.1. The molecule has 0 aliphatic rings. The van der Waals surface area contributed by atoms with E-state index in [-0.39, 0.29) is 31.3 Å². The topological polar surface area (TPSA) is 94.1 Å². The summed E-state index contributed by atoms with van der Waals surface area (Å²) in [6, 6.07) is 1.73. The lowest BCUT2D eigenvalue weighted by Gasteiger charge is -2.02. The molecule has 0 bridgehead atoms. The Balaban J connectivity index is 1.85. The van der Waals surface area contributed by atoms with Gasteiger partial charge in [-0.2, -0.15) is 0 Å². The molecule has 2 aromatic heterocycles. The van der Waals surface area contributed by atoms with E-state index in [0.717, 1.165) is 0 Å². The Morgan fingerprint density at radius 1 is 1.33 bits per heavy atom. The number of carbonyl (C=O) groups is 2. The lowest BCUT2D eigenvalue weighted by molar-refractivity contribution is -0.140. The Labute approximate surface area is 125 Å². The molecule has 0 saturated carbocycles. The molecule has 1 amide bonds. The average molecular weight is 306 g/mol. The van der Waals surface area contributed by atoms with E-state index in [1.54, 1.807) is 23.8 Å². The number of hydrogen-bond acceptors (Lipinski definition) is 7. The molecule has 0 fully saturated rings. The van der Waals surface area contributed by atoms with Crippen molar-refractivity contribution in [3.05, 3.63) is 29.5 Å². The zero-order valence-electron chi connectivity index (χ0n) is 11.4. The molecule has 7 nitrogen and oxygen atoms in total. The number of thiazole rings is 1. The van der Waals surface area contributed by atoms with Gasteiger partial charge in [0.2, 0.25) is 5.91 Å². The van der Waals surface area contributed by atoms with Crippen molar-refractivity contribution in [1.29, 1.82) is 0 Å². The second-order valence-electron chi connectivity index (χ2n) is 4.07. The van der Waals surface area contributed by atoms with Crippen LogP contribution in [0.15, 0.2) is 23.8 Å². The molecular formula is C13H14N4O3S. The molecule has 8 heteroatoms. The van der Waals surface area contributed by atoms with Crippen LogP contribution in [0.4, 0.5) is 0 Å². The SMILES string of the molecule is COC(=O)CCNC(=O)Cc1csc(-c2ncccn2)n1. The minimum Gasteiger partial charge on any atom is -0.469 e. The fourth-order valence-electron chi connectivity index (χ4n) is 1.53. The summed E-state index contributed by atoms with van der Waals surface area (Å²) in [6.45, 7) is 0.254. The predicted octanol–water partition coefficient (Wildman–Crippen LogP) is 0.822. The Kier molecular flexibility index (Phi) is 5.33. The van der Waals surface area contributed by atoms with Gasteiger partial charge in [-0.25, -0.2) is 15.0 Å². The van der Waals surface area contributed by atoms with E-state index in [2.05, 4.69) is 25.0 Å². The third-order valence-electron chi connectivity index (χ3n) is 2.53. The summed E-state index contributed by atoms with van der Waals surface area (Å²) in [5, 5.41) is 5.11. The maximum atomic E-state index is 11.7. The van der Waals surface area contributed by atoms with Crippen LogP contribution in [0.5, 0.6) is 0 Å². The molecule has 0 atom stereocenters. The van der Waals surface area contributed by atoms with Crippen molar-refractivity contribution in [3.63, 3.8) is 0 Å². The summed E-state index contributed by atoms with van der Waals surface area (Å²) in [6.07, 6.45) is 3.60. The van der Waals surface area contributed by atoms with Crippen LogP contribution in [0, 0.1) is 0 Å².